The van der Waals surface area contributed by atoms with Gasteiger partial charge in [0.05, 0.1) is 4.88 Å². The molecule has 0 atom stereocenters. The monoisotopic (exact) mass is 396 g/mol. The molecule has 1 aromatic carbocycles. The molecular weight excluding hydrogens is 376 g/mol. The van der Waals surface area contributed by atoms with Gasteiger partial charge in [-0.25, -0.2) is 4.68 Å². The molecule has 144 valence electrons. The van der Waals surface area contributed by atoms with E-state index in [0.29, 0.717) is 17.1 Å². The molecule has 0 aliphatic carbocycles. The number of hydrogen-bond donors (Lipinski definition) is 2. The molecule has 3 rings (SSSR count). The molecule has 2 amide bonds. The van der Waals surface area contributed by atoms with Crippen LogP contribution in [-0.4, -0.2) is 21.6 Å². The van der Waals surface area contributed by atoms with Crippen molar-refractivity contribution < 1.29 is 9.59 Å². The van der Waals surface area contributed by atoms with Gasteiger partial charge in [0, 0.05) is 24.4 Å². The van der Waals surface area contributed by atoms with E-state index in [-0.39, 0.29) is 11.5 Å². The fraction of sp³-hybridized carbons (Fsp3) is 0.200. The molecule has 0 aliphatic heterocycles. The normalized spacial score (nSPS) is 11.1. The van der Waals surface area contributed by atoms with Gasteiger partial charge in [-0.2, -0.15) is 5.10 Å². The van der Waals surface area contributed by atoms with E-state index < -0.39 is 11.4 Å². The minimum Gasteiger partial charge on any atom is -0.326 e. The summed E-state index contributed by atoms with van der Waals surface area (Å²) in [5.41, 5.74) is 0.106. The van der Waals surface area contributed by atoms with Crippen molar-refractivity contribution in [3.63, 3.8) is 0 Å². The molecule has 8 heteroatoms. The zero-order valence-corrected chi connectivity index (χ0v) is 16.5. The van der Waals surface area contributed by atoms with Crippen molar-refractivity contribution in [2.45, 2.75) is 26.3 Å². The largest absolute Gasteiger partial charge is 0.326 e. The molecule has 0 aliphatic rings. The van der Waals surface area contributed by atoms with E-state index in [1.54, 1.807) is 44.2 Å². The molecule has 7 nitrogen and oxygen atoms in total. The lowest BCUT2D eigenvalue weighted by molar-refractivity contribution is -0.123. The maximum atomic E-state index is 12.9. The highest BCUT2D eigenvalue weighted by atomic mass is 32.1. The summed E-state index contributed by atoms with van der Waals surface area (Å²) in [6.45, 7) is 4.67. The van der Waals surface area contributed by atoms with Crippen molar-refractivity contribution >= 4 is 34.5 Å². The Bertz CT molecular complexity index is 1070. The quantitative estimate of drug-likeness (QED) is 0.692. The molecule has 0 radical (unpaired) electrons. The molecule has 0 saturated carbocycles. The lowest BCUT2D eigenvalue weighted by atomic mass is 10.0. The van der Waals surface area contributed by atoms with Gasteiger partial charge in [0.1, 0.15) is 11.2 Å². The molecule has 0 saturated heterocycles. The summed E-state index contributed by atoms with van der Waals surface area (Å²) in [4.78, 5) is 37.4. The van der Waals surface area contributed by atoms with Gasteiger partial charge >= 0.3 is 0 Å². The minimum absolute atomic E-state index is 0.204. The van der Waals surface area contributed by atoms with E-state index in [2.05, 4.69) is 15.7 Å². The fourth-order valence-corrected chi connectivity index (χ4v) is 3.32. The van der Waals surface area contributed by atoms with Crippen LogP contribution in [0.5, 0.6) is 0 Å². The molecule has 0 spiro atoms. The average molecular weight is 396 g/mol. The summed E-state index contributed by atoms with van der Waals surface area (Å²) in [5, 5.41) is 11.8. The van der Waals surface area contributed by atoms with Gasteiger partial charge in [-0.15, -0.1) is 11.3 Å². The van der Waals surface area contributed by atoms with Crippen molar-refractivity contribution in [1.29, 1.82) is 0 Å². The third-order valence-electron chi connectivity index (χ3n) is 4.10. The van der Waals surface area contributed by atoms with Crippen molar-refractivity contribution in [1.82, 2.24) is 9.78 Å². The summed E-state index contributed by atoms with van der Waals surface area (Å²) in [7, 11) is 0. The van der Waals surface area contributed by atoms with Gasteiger partial charge in [0.25, 0.3) is 11.5 Å². The Hall–Kier alpha value is -3.26. The van der Waals surface area contributed by atoms with Gasteiger partial charge in [-0.3, -0.25) is 14.4 Å². The Morgan fingerprint density at radius 3 is 2.39 bits per heavy atom. The van der Waals surface area contributed by atoms with Gasteiger partial charge in [-0.1, -0.05) is 12.1 Å². The number of thiophene rings is 1. The van der Waals surface area contributed by atoms with E-state index in [1.165, 1.54) is 29.0 Å². The first-order valence-corrected chi connectivity index (χ1v) is 9.49. The SMILES string of the molecule is CC(=O)Nc1cccc(NC(=O)C(C)(C)n2nc(-c3cccs3)ccc2=O)c1. The number of benzene rings is 1. The van der Waals surface area contributed by atoms with Crippen LogP contribution in [0.4, 0.5) is 11.4 Å². The summed E-state index contributed by atoms with van der Waals surface area (Å²) >= 11 is 1.51. The maximum absolute atomic E-state index is 12.9. The van der Waals surface area contributed by atoms with Crippen LogP contribution in [0, 0.1) is 0 Å². The van der Waals surface area contributed by atoms with Gasteiger partial charge < -0.3 is 10.6 Å². The zero-order valence-electron chi connectivity index (χ0n) is 15.7. The number of anilines is 2. The Morgan fingerprint density at radius 1 is 1.04 bits per heavy atom. The smallest absolute Gasteiger partial charge is 0.267 e. The van der Waals surface area contributed by atoms with E-state index in [1.807, 2.05) is 17.5 Å². The van der Waals surface area contributed by atoms with Crippen LogP contribution in [0.15, 0.2) is 58.7 Å². The van der Waals surface area contributed by atoms with Crippen LogP contribution in [0.3, 0.4) is 0 Å². The van der Waals surface area contributed by atoms with Gasteiger partial charge in [-0.05, 0) is 49.6 Å². The van der Waals surface area contributed by atoms with Crippen LogP contribution in [-0.2, 0) is 15.1 Å². The number of nitrogens with one attached hydrogen (secondary N) is 2. The van der Waals surface area contributed by atoms with Crippen LogP contribution < -0.4 is 16.2 Å². The second kappa shape index (κ2) is 7.77. The van der Waals surface area contributed by atoms with Crippen LogP contribution in [0.1, 0.15) is 20.8 Å². The second-order valence-corrected chi connectivity index (χ2v) is 7.67. The third kappa shape index (κ3) is 4.17. The van der Waals surface area contributed by atoms with Crippen molar-refractivity contribution in [2.75, 3.05) is 10.6 Å². The molecule has 2 heterocycles. The number of carbonyl (C=O) groups is 2. The lowest BCUT2D eigenvalue weighted by Gasteiger charge is -2.25. The van der Waals surface area contributed by atoms with Crippen LogP contribution >= 0.6 is 11.3 Å². The minimum atomic E-state index is -1.23. The van der Waals surface area contributed by atoms with Crippen LogP contribution in [0.2, 0.25) is 0 Å². The number of carbonyl (C=O) groups excluding carboxylic acids is 2. The molecule has 0 fully saturated rings. The van der Waals surface area contributed by atoms with Crippen molar-refractivity contribution in [2.24, 2.45) is 0 Å². The Labute approximate surface area is 166 Å². The predicted molar refractivity (Wildman–Crippen MR) is 111 cm³/mol. The average Bonchev–Trinajstić information content (AvgIpc) is 3.16. The number of hydrogen-bond acceptors (Lipinski definition) is 5. The van der Waals surface area contributed by atoms with Crippen molar-refractivity contribution in [3.8, 4) is 10.6 Å². The first kappa shape index (κ1) is 19.5. The van der Waals surface area contributed by atoms with Crippen molar-refractivity contribution in [3.05, 3.63) is 64.3 Å². The number of aromatic nitrogens is 2. The Balaban J connectivity index is 1.88. The standard InChI is InChI=1S/C20H20N4O3S/c1-13(25)21-14-6-4-7-15(12-14)22-19(27)20(2,3)24-18(26)10-9-16(23-24)17-8-5-11-28-17/h4-12H,1-3H3,(H,21,25)(H,22,27). The summed E-state index contributed by atoms with van der Waals surface area (Å²) in [6.07, 6.45) is 0. The Morgan fingerprint density at radius 2 is 1.75 bits per heavy atom. The second-order valence-electron chi connectivity index (χ2n) is 6.72. The third-order valence-corrected chi connectivity index (χ3v) is 4.99. The van der Waals surface area contributed by atoms with E-state index in [9.17, 15) is 14.4 Å². The molecule has 28 heavy (non-hydrogen) atoms. The summed E-state index contributed by atoms with van der Waals surface area (Å²) in [5.74, 6) is -0.602. The lowest BCUT2D eigenvalue weighted by Crippen LogP contribution is -2.47. The van der Waals surface area contributed by atoms with Gasteiger partial charge in [0.15, 0.2) is 0 Å². The topological polar surface area (TPSA) is 93.1 Å². The van der Waals surface area contributed by atoms with Crippen LogP contribution in [0.25, 0.3) is 10.6 Å². The highest BCUT2D eigenvalue weighted by Crippen LogP contribution is 2.23. The number of amides is 2. The molecule has 2 N–H and O–H groups in total. The highest BCUT2D eigenvalue weighted by Gasteiger charge is 2.32. The molecule has 3 aromatic rings. The van der Waals surface area contributed by atoms with E-state index in [0.717, 1.165) is 4.88 Å². The van der Waals surface area contributed by atoms with Gasteiger partial charge in [0.2, 0.25) is 5.91 Å². The highest BCUT2D eigenvalue weighted by molar-refractivity contribution is 7.13. The number of nitrogens with zero attached hydrogens (tertiary/aromatic N) is 2. The van der Waals surface area contributed by atoms with E-state index in [4.69, 9.17) is 0 Å². The predicted octanol–water partition coefficient (Wildman–Crippen LogP) is 3.30. The zero-order chi connectivity index (χ0) is 20.3. The fourth-order valence-electron chi connectivity index (χ4n) is 2.63. The summed E-state index contributed by atoms with van der Waals surface area (Å²) < 4.78 is 1.19. The molecule has 2 aromatic heterocycles. The first-order chi connectivity index (χ1) is 13.3. The van der Waals surface area contributed by atoms with E-state index >= 15 is 0 Å². The Kier molecular flexibility index (Phi) is 5.41. The molecule has 0 bridgehead atoms. The summed E-state index contributed by atoms with van der Waals surface area (Å²) in [6, 6.07) is 13.7. The number of rotatable bonds is 5. The molecule has 0 unspecified atom stereocenters. The maximum Gasteiger partial charge on any atom is 0.267 e. The first-order valence-electron chi connectivity index (χ1n) is 8.61. The molecular formula is C20H20N4O3S.